The molecule has 19 heavy (non-hydrogen) atoms. The van der Waals surface area contributed by atoms with Crippen molar-refractivity contribution in [3.8, 4) is 5.75 Å². The minimum Gasteiger partial charge on any atom is -0.490 e. The van der Waals surface area contributed by atoms with Crippen LogP contribution in [0.4, 0.5) is 0 Å². The van der Waals surface area contributed by atoms with Gasteiger partial charge in [-0.25, -0.2) is 0 Å². The lowest BCUT2D eigenvalue weighted by Crippen LogP contribution is -1.98. The first-order valence-electron chi connectivity index (χ1n) is 7.65. The van der Waals surface area contributed by atoms with Crippen molar-refractivity contribution >= 4 is 12.2 Å². The van der Waals surface area contributed by atoms with E-state index in [1.165, 1.54) is 51.4 Å². The zero-order valence-corrected chi connectivity index (χ0v) is 12.9. The lowest BCUT2D eigenvalue weighted by molar-refractivity contribution is 0.302. The van der Waals surface area contributed by atoms with Crippen molar-refractivity contribution in [2.75, 3.05) is 6.61 Å². The normalized spacial score (nSPS) is 10.6. The zero-order valence-electron chi connectivity index (χ0n) is 12.1. The van der Waals surface area contributed by atoms with E-state index in [0.29, 0.717) is 4.64 Å². The molecule has 1 rings (SSSR count). The SMILES string of the molecule is CCCCCCCCCCCOc1ccc[nH]c1=S. The number of pyridine rings is 1. The molecular formula is C16H27NOS. The van der Waals surface area contributed by atoms with Gasteiger partial charge in [0.05, 0.1) is 6.61 Å². The molecule has 108 valence electrons. The zero-order chi connectivity index (χ0) is 13.8. The number of ether oxygens (including phenoxy) is 1. The van der Waals surface area contributed by atoms with Crippen molar-refractivity contribution in [1.29, 1.82) is 0 Å². The van der Waals surface area contributed by atoms with E-state index in [-0.39, 0.29) is 0 Å². The Hall–Kier alpha value is -0.830. The smallest absolute Gasteiger partial charge is 0.153 e. The molecule has 0 unspecified atom stereocenters. The standard InChI is InChI=1S/C16H27NOS/c1-2-3-4-5-6-7-8-9-10-14-18-15-12-11-13-17-16(15)19/h11-13H,2-10,14H2,1H3,(H,17,19). The highest BCUT2D eigenvalue weighted by molar-refractivity contribution is 7.71. The summed E-state index contributed by atoms with van der Waals surface area (Å²) >= 11 is 5.14. The van der Waals surface area contributed by atoms with Gasteiger partial charge in [-0.05, 0) is 18.6 Å². The Morgan fingerprint density at radius 3 is 2.26 bits per heavy atom. The van der Waals surface area contributed by atoms with Gasteiger partial charge in [-0.15, -0.1) is 0 Å². The first kappa shape index (κ1) is 16.2. The Morgan fingerprint density at radius 1 is 1.00 bits per heavy atom. The van der Waals surface area contributed by atoms with Gasteiger partial charge < -0.3 is 9.72 Å². The fourth-order valence-electron chi connectivity index (χ4n) is 2.11. The molecule has 1 aromatic heterocycles. The Balaban J connectivity index is 1.92. The third kappa shape index (κ3) is 8.04. The van der Waals surface area contributed by atoms with Gasteiger partial charge in [0.25, 0.3) is 0 Å². The average molecular weight is 281 g/mol. The maximum Gasteiger partial charge on any atom is 0.153 e. The molecule has 3 heteroatoms. The van der Waals surface area contributed by atoms with E-state index >= 15 is 0 Å². The first-order valence-corrected chi connectivity index (χ1v) is 8.06. The molecular weight excluding hydrogens is 254 g/mol. The number of hydrogen-bond donors (Lipinski definition) is 1. The highest BCUT2D eigenvalue weighted by atomic mass is 32.1. The molecule has 1 aromatic rings. The molecule has 0 aliphatic carbocycles. The second-order valence-electron chi connectivity index (χ2n) is 5.04. The van der Waals surface area contributed by atoms with E-state index < -0.39 is 0 Å². The Labute approximate surface area is 122 Å². The minimum absolute atomic E-state index is 0.693. The second kappa shape index (κ2) is 11.0. The molecule has 1 N–H and O–H groups in total. The van der Waals surface area contributed by atoms with Crippen molar-refractivity contribution in [3.63, 3.8) is 0 Å². The molecule has 0 aliphatic rings. The van der Waals surface area contributed by atoms with Crippen molar-refractivity contribution < 1.29 is 4.74 Å². The Morgan fingerprint density at radius 2 is 1.63 bits per heavy atom. The third-order valence-corrected chi connectivity index (χ3v) is 3.61. The first-order chi connectivity index (χ1) is 9.34. The van der Waals surface area contributed by atoms with Crippen LogP contribution in [-0.2, 0) is 0 Å². The summed E-state index contributed by atoms with van der Waals surface area (Å²) in [5.74, 6) is 0.803. The fraction of sp³-hybridized carbons (Fsp3) is 0.688. The molecule has 0 aliphatic heterocycles. The van der Waals surface area contributed by atoms with Crippen LogP contribution in [0.2, 0.25) is 0 Å². The van der Waals surface area contributed by atoms with Gasteiger partial charge in [0.1, 0.15) is 4.64 Å². The van der Waals surface area contributed by atoms with Crippen molar-refractivity contribution in [2.45, 2.75) is 64.7 Å². The average Bonchev–Trinajstić information content (AvgIpc) is 2.43. The number of unbranched alkanes of at least 4 members (excludes halogenated alkanes) is 8. The molecule has 0 radical (unpaired) electrons. The van der Waals surface area contributed by atoms with Gasteiger partial charge >= 0.3 is 0 Å². The van der Waals surface area contributed by atoms with Gasteiger partial charge in [-0.1, -0.05) is 70.5 Å². The molecule has 2 nitrogen and oxygen atoms in total. The van der Waals surface area contributed by atoms with Crippen molar-refractivity contribution in [2.24, 2.45) is 0 Å². The third-order valence-electron chi connectivity index (χ3n) is 3.29. The van der Waals surface area contributed by atoms with E-state index in [1.807, 2.05) is 18.3 Å². The van der Waals surface area contributed by atoms with Crippen LogP contribution >= 0.6 is 12.2 Å². The summed E-state index contributed by atoms with van der Waals surface area (Å²) in [4.78, 5) is 2.98. The maximum atomic E-state index is 5.66. The van der Waals surface area contributed by atoms with Gasteiger partial charge in [0, 0.05) is 6.20 Å². The monoisotopic (exact) mass is 281 g/mol. The molecule has 0 saturated carbocycles. The van der Waals surface area contributed by atoms with E-state index in [2.05, 4.69) is 11.9 Å². The molecule has 0 saturated heterocycles. The lowest BCUT2D eigenvalue weighted by atomic mass is 10.1. The molecule has 0 aromatic carbocycles. The minimum atomic E-state index is 0.693. The summed E-state index contributed by atoms with van der Waals surface area (Å²) in [5.41, 5.74) is 0. The van der Waals surface area contributed by atoms with Gasteiger partial charge in [-0.3, -0.25) is 0 Å². The highest BCUT2D eigenvalue weighted by Crippen LogP contribution is 2.12. The Bertz CT molecular complexity index is 375. The lowest BCUT2D eigenvalue weighted by Gasteiger charge is -2.06. The number of hydrogen-bond acceptors (Lipinski definition) is 2. The van der Waals surface area contributed by atoms with E-state index in [4.69, 9.17) is 17.0 Å². The molecule has 1 heterocycles. The molecule has 0 amide bonds. The predicted molar refractivity (Wildman–Crippen MR) is 84.3 cm³/mol. The summed E-state index contributed by atoms with van der Waals surface area (Å²) in [6.07, 6.45) is 13.8. The summed E-state index contributed by atoms with van der Waals surface area (Å²) in [6.45, 7) is 3.04. The summed E-state index contributed by atoms with van der Waals surface area (Å²) in [7, 11) is 0. The topological polar surface area (TPSA) is 25.0 Å². The predicted octanol–water partition coefficient (Wildman–Crippen LogP) is 5.65. The molecule has 0 atom stereocenters. The molecule has 0 fully saturated rings. The largest absolute Gasteiger partial charge is 0.490 e. The van der Waals surface area contributed by atoms with E-state index in [0.717, 1.165) is 18.8 Å². The van der Waals surface area contributed by atoms with Crippen LogP contribution in [0.1, 0.15) is 64.7 Å². The van der Waals surface area contributed by atoms with E-state index in [9.17, 15) is 0 Å². The van der Waals surface area contributed by atoms with Crippen molar-refractivity contribution in [1.82, 2.24) is 4.98 Å². The maximum absolute atomic E-state index is 5.66. The number of aromatic amines is 1. The summed E-state index contributed by atoms with van der Waals surface area (Å²) < 4.78 is 6.35. The van der Waals surface area contributed by atoms with Crippen LogP contribution in [0.5, 0.6) is 5.75 Å². The quantitative estimate of drug-likeness (QED) is 0.418. The van der Waals surface area contributed by atoms with Crippen LogP contribution in [0, 0.1) is 4.64 Å². The number of H-pyrrole nitrogens is 1. The summed E-state index contributed by atoms with van der Waals surface area (Å²) in [5, 5.41) is 0. The van der Waals surface area contributed by atoms with Crippen LogP contribution in [0.15, 0.2) is 18.3 Å². The number of nitrogens with one attached hydrogen (secondary N) is 1. The highest BCUT2D eigenvalue weighted by Gasteiger charge is 1.96. The van der Waals surface area contributed by atoms with E-state index in [1.54, 1.807) is 0 Å². The summed E-state index contributed by atoms with van der Waals surface area (Å²) in [6, 6.07) is 3.84. The van der Waals surface area contributed by atoms with Crippen LogP contribution in [0.3, 0.4) is 0 Å². The number of aromatic nitrogens is 1. The van der Waals surface area contributed by atoms with Crippen LogP contribution < -0.4 is 4.74 Å². The molecule has 0 bridgehead atoms. The number of rotatable bonds is 11. The second-order valence-corrected chi connectivity index (χ2v) is 5.45. The Kier molecular flexibility index (Phi) is 9.42. The van der Waals surface area contributed by atoms with Gasteiger partial charge in [0.2, 0.25) is 0 Å². The van der Waals surface area contributed by atoms with Gasteiger partial charge in [-0.2, -0.15) is 0 Å². The van der Waals surface area contributed by atoms with Crippen molar-refractivity contribution in [3.05, 3.63) is 23.0 Å². The van der Waals surface area contributed by atoms with Crippen LogP contribution in [-0.4, -0.2) is 11.6 Å². The van der Waals surface area contributed by atoms with Crippen LogP contribution in [0.25, 0.3) is 0 Å². The molecule has 0 spiro atoms. The van der Waals surface area contributed by atoms with Gasteiger partial charge in [0.15, 0.2) is 5.75 Å². The fourth-order valence-corrected chi connectivity index (χ4v) is 2.31.